The molecule has 176 valence electrons. The lowest BCUT2D eigenvalue weighted by molar-refractivity contribution is 0.0950. The summed E-state index contributed by atoms with van der Waals surface area (Å²) in [4.78, 5) is 12.9. The van der Waals surface area contributed by atoms with Gasteiger partial charge in [-0.2, -0.15) is 5.10 Å². The summed E-state index contributed by atoms with van der Waals surface area (Å²) < 4.78 is 13.5. The number of hydrazone groups is 1. The zero-order valence-electron chi connectivity index (χ0n) is 18.7. The van der Waals surface area contributed by atoms with Crippen LogP contribution in [0, 0.1) is 0 Å². The summed E-state index contributed by atoms with van der Waals surface area (Å²) in [7, 11) is 0. The van der Waals surface area contributed by atoms with Gasteiger partial charge in [-0.1, -0.05) is 92.5 Å². The minimum atomic E-state index is -0.382. The Kier molecular flexibility index (Phi) is 8.70. The molecule has 0 radical (unpaired) electrons. The second kappa shape index (κ2) is 12.3. The van der Waals surface area contributed by atoms with E-state index < -0.39 is 0 Å². The molecule has 4 aromatic rings. The third-order valence-corrected chi connectivity index (χ3v) is 5.99. The number of amides is 1. The second-order valence-electron chi connectivity index (χ2n) is 7.57. The van der Waals surface area contributed by atoms with Crippen molar-refractivity contribution in [2.75, 3.05) is 0 Å². The lowest BCUT2D eigenvalue weighted by Crippen LogP contribution is -2.19. The molecule has 0 spiro atoms. The first kappa shape index (κ1) is 24.7. The SMILES string of the molecule is O=C(N/N=C/c1cc(Br)ccc1OCc1ccccc1)c1cc(Br)ccc1OCc1ccccc1. The maximum Gasteiger partial charge on any atom is 0.275 e. The van der Waals surface area contributed by atoms with Gasteiger partial charge in [0.15, 0.2) is 0 Å². The number of hydrogen-bond donors (Lipinski definition) is 1. The Morgan fingerprint density at radius 1 is 0.743 bits per heavy atom. The van der Waals surface area contributed by atoms with Crippen LogP contribution in [0.4, 0.5) is 0 Å². The van der Waals surface area contributed by atoms with Crippen molar-refractivity contribution in [2.45, 2.75) is 13.2 Å². The van der Waals surface area contributed by atoms with E-state index in [1.54, 1.807) is 18.3 Å². The molecule has 35 heavy (non-hydrogen) atoms. The summed E-state index contributed by atoms with van der Waals surface area (Å²) >= 11 is 6.90. The third kappa shape index (κ3) is 7.28. The van der Waals surface area contributed by atoms with Crippen LogP contribution in [-0.2, 0) is 13.2 Å². The predicted octanol–water partition coefficient (Wildman–Crippen LogP) is 7.13. The van der Waals surface area contributed by atoms with Crippen LogP contribution < -0.4 is 14.9 Å². The number of halogens is 2. The van der Waals surface area contributed by atoms with Gasteiger partial charge in [-0.15, -0.1) is 0 Å². The van der Waals surface area contributed by atoms with Gasteiger partial charge in [-0.05, 0) is 47.5 Å². The van der Waals surface area contributed by atoms with Crippen molar-refractivity contribution >= 4 is 44.0 Å². The fourth-order valence-corrected chi connectivity index (χ4v) is 3.99. The van der Waals surface area contributed by atoms with Crippen molar-refractivity contribution in [1.82, 2.24) is 5.43 Å². The average molecular weight is 594 g/mol. The lowest BCUT2D eigenvalue weighted by atomic mass is 10.2. The van der Waals surface area contributed by atoms with Crippen molar-refractivity contribution in [3.05, 3.63) is 128 Å². The Labute approximate surface area is 221 Å². The van der Waals surface area contributed by atoms with Crippen LogP contribution in [-0.4, -0.2) is 12.1 Å². The number of ether oxygens (including phenoxy) is 2. The minimum Gasteiger partial charge on any atom is -0.488 e. The summed E-state index contributed by atoms with van der Waals surface area (Å²) in [5, 5.41) is 4.17. The molecule has 1 amide bonds. The first-order chi connectivity index (χ1) is 17.1. The molecule has 0 heterocycles. The molecular formula is C28H22Br2N2O3. The Morgan fingerprint density at radius 3 is 1.91 bits per heavy atom. The van der Waals surface area contributed by atoms with E-state index in [0.717, 1.165) is 25.6 Å². The van der Waals surface area contributed by atoms with Crippen molar-refractivity contribution < 1.29 is 14.3 Å². The topological polar surface area (TPSA) is 59.9 Å². The van der Waals surface area contributed by atoms with E-state index in [1.165, 1.54) is 0 Å². The molecule has 0 aliphatic rings. The van der Waals surface area contributed by atoms with Gasteiger partial charge < -0.3 is 9.47 Å². The molecule has 4 aromatic carbocycles. The van der Waals surface area contributed by atoms with E-state index in [-0.39, 0.29) is 5.91 Å². The number of hydrogen-bond acceptors (Lipinski definition) is 4. The quantitative estimate of drug-likeness (QED) is 0.166. The maximum absolute atomic E-state index is 12.9. The monoisotopic (exact) mass is 592 g/mol. The van der Waals surface area contributed by atoms with Gasteiger partial charge in [-0.25, -0.2) is 5.43 Å². The van der Waals surface area contributed by atoms with Crippen molar-refractivity contribution in [2.24, 2.45) is 5.10 Å². The van der Waals surface area contributed by atoms with Gasteiger partial charge in [0.25, 0.3) is 5.91 Å². The summed E-state index contributed by atoms with van der Waals surface area (Å²) in [6.07, 6.45) is 1.56. The van der Waals surface area contributed by atoms with Gasteiger partial charge >= 0.3 is 0 Å². The smallest absolute Gasteiger partial charge is 0.275 e. The normalized spacial score (nSPS) is 10.8. The highest BCUT2D eigenvalue weighted by atomic mass is 79.9. The molecule has 0 unspecified atom stereocenters. The molecular weight excluding hydrogens is 572 g/mol. The highest BCUT2D eigenvalue weighted by molar-refractivity contribution is 9.10. The Hall–Kier alpha value is -3.42. The number of rotatable bonds is 9. The molecule has 7 heteroatoms. The van der Waals surface area contributed by atoms with E-state index >= 15 is 0 Å². The molecule has 1 N–H and O–H groups in total. The second-order valence-corrected chi connectivity index (χ2v) is 9.40. The molecule has 0 bridgehead atoms. The van der Waals surface area contributed by atoms with Crippen molar-refractivity contribution in [3.63, 3.8) is 0 Å². The van der Waals surface area contributed by atoms with E-state index in [1.807, 2.05) is 84.9 Å². The highest BCUT2D eigenvalue weighted by Gasteiger charge is 2.13. The zero-order chi connectivity index (χ0) is 24.5. The van der Waals surface area contributed by atoms with E-state index in [0.29, 0.717) is 30.3 Å². The van der Waals surface area contributed by atoms with Crippen LogP contribution in [0.1, 0.15) is 27.0 Å². The molecule has 0 aliphatic heterocycles. The van der Waals surface area contributed by atoms with E-state index in [2.05, 4.69) is 42.4 Å². The largest absolute Gasteiger partial charge is 0.488 e. The number of carbonyl (C=O) groups is 1. The van der Waals surface area contributed by atoms with Crippen LogP contribution in [0.5, 0.6) is 11.5 Å². The van der Waals surface area contributed by atoms with Crippen LogP contribution >= 0.6 is 31.9 Å². The van der Waals surface area contributed by atoms with Gasteiger partial charge in [-0.3, -0.25) is 4.79 Å². The summed E-state index contributed by atoms with van der Waals surface area (Å²) in [6.45, 7) is 0.780. The number of nitrogens with zero attached hydrogens (tertiary/aromatic N) is 1. The fourth-order valence-electron chi connectivity index (χ4n) is 3.25. The van der Waals surface area contributed by atoms with Crippen LogP contribution in [0.25, 0.3) is 0 Å². The molecule has 0 saturated carbocycles. The summed E-state index contributed by atoms with van der Waals surface area (Å²) in [5.74, 6) is 0.746. The first-order valence-electron chi connectivity index (χ1n) is 10.8. The Bertz CT molecular complexity index is 1310. The fraction of sp³-hybridized carbons (Fsp3) is 0.0714. The van der Waals surface area contributed by atoms with Gasteiger partial charge in [0.1, 0.15) is 24.7 Å². The van der Waals surface area contributed by atoms with E-state index in [4.69, 9.17) is 9.47 Å². The Morgan fingerprint density at radius 2 is 1.29 bits per heavy atom. The van der Waals surface area contributed by atoms with Crippen LogP contribution in [0.3, 0.4) is 0 Å². The average Bonchev–Trinajstić information content (AvgIpc) is 2.88. The molecule has 0 saturated heterocycles. The van der Waals surface area contributed by atoms with Crippen molar-refractivity contribution in [1.29, 1.82) is 0 Å². The predicted molar refractivity (Wildman–Crippen MR) is 145 cm³/mol. The number of benzene rings is 4. The summed E-state index contributed by atoms with van der Waals surface area (Å²) in [6, 6.07) is 30.6. The molecule has 0 atom stereocenters. The Balaban J connectivity index is 1.44. The van der Waals surface area contributed by atoms with Gasteiger partial charge in [0, 0.05) is 14.5 Å². The van der Waals surface area contributed by atoms with E-state index in [9.17, 15) is 4.79 Å². The van der Waals surface area contributed by atoms with Gasteiger partial charge in [0.2, 0.25) is 0 Å². The molecule has 5 nitrogen and oxygen atoms in total. The van der Waals surface area contributed by atoms with Crippen molar-refractivity contribution in [3.8, 4) is 11.5 Å². The maximum atomic E-state index is 12.9. The van der Waals surface area contributed by atoms with Crippen LogP contribution in [0.15, 0.2) is 111 Å². The number of carbonyl (C=O) groups excluding carboxylic acids is 1. The molecule has 4 rings (SSSR count). The molecule has 0 fully saturated rings. The minimum absolute atomic E-state index is 0.353. The summed E-state index contributed by atoms with van der Waals surface area (Å²) in [5.41, 5.74) is 5.77. The molecule has 0 aromatic heterocycles. The standard InChI is InChI=1S/C28H22Br2N2O3/c29-23-11-13-26(34-18-20-7-3-1-4-8-20)22(15-23)17-31-32-28(33)25-16-24(30)12-14-27(25)35-19-21-9-5-2-6-10-21/h1-17H,18-19H2,(H,32,33)/b31-17+. The first-order valence-corrected chi connectivity index (χ1v) is 12.4. The number of nitrogens with one attached hydrogen (secondary N) is 1. The van der Waals surface area contributed by atoms with Gasteiger partial charge in [0.05, 0.1) is 11.8 Å². The third-order valence-electron chi connectivity index (χ3n) is 5.00. The lowest BCUT2D eigenvalue weighted by Gasteiger charge is -2.11. The van der Waals surface area contributed by atoms with Crippen LogP contribution in [0.2, 0.25) is 0 Å². The zero-order valence-corrected chi connectivity index (χ0v) is 21.8. The molecule has 0 aliphatic carbocycles. The highest BCUT2D eigenvalue weighted by Crippen LogP contribution is 2.25.